The fourth-order valence-electron chi connectivity index (χ4n) is 3.18. The number of carbonyl (C=O) groups excluding carboxylic acids is 1. The van der Waals surface area contributed by atoms with Crippen molar-refractivity contribution in [2.75, 3.05) is 6.54 Å². The van der Waals surface area contributed by atoms with Gasteiger partial charge in [-0.3, -0.25) is 9.59 Å². The predicted molar refractivity (Wildman–Crippen MR) is 89.5 cm³/mol. The molecule has 6 heteroatoms. The molecule has 1 amide bonds. The Bertz CT molecular complexity index is 694. The van der Waals surface area contributed by atoms with E-state index in [1.807, 2.05) is 25.1 Å². The van der Waals surface area contributed by atoms with Crippen molar-refractivity contribution in [2.24, 2.45) is 5.92 Å². The summed E-state index contributed by atoms with van der Waals surface area (Å²) < 4.78 is 1.17. The van der Waals surface area contributed by atoms with Crippen molar-refractivity contribution in [3.05, 3.63) is 29.3 Å². The Kier molecular flexibility index (Phi) is 4.61. The third kappa shape index (κ3) is 3.37. The van der Waals surface area contributed by atoms with Crippen LogP contribution in [0.5, 0.6) is 0 Å². The lowest BCUT2D eigenvalue weighted by Crippen LogP contribution is -2.37. The van der Waals surface area contributed by atoms with Crippen LogP contribution >= 0.6 is 11.3 Å². The van der Waals surface area contributed by atoms with Crippen molar-refractivity contribution in [1.29, 1.82) is 0 Å². The second kappa shape index (κ2) is 6.66. The number of benzene rings is 1. The summed E-state index contributed by atoms with van der Waals surface area (Å²) in [5.74, 6) is -1.17. The molecule has 2 heterocycles. The first-order chi connectivity index (χ1) is 11.1. The first kappa shape index (κ1) is 15.9. The number of rotatable bonds is 5. The number of aliphatic carboxylic acids is 1. The van der Waals surface area contributed by atoms with Crippen LogP contribution in [0.1, 0.15) is 31.2 Å². The number of fused-ring (bicyclic) bond motifs is 1. The number of likely N-dealkylation sites (tertiary alicyclic amines) is 1. The predicted octanol–water partition coefficient (Wildman–Crippen LogP) is 2.94. The Morgan fingerprint density at radius 3 is 2.87 bits per heavy atom. The van der Waals surface area contributed by atoms with E-state index >= 15 is 0 Å². The van der Waals surface area contributed by atoms with Gasteiger partial charge in [0.2, 0.25) is 5.91 Å². The lowest BCUT2D eigenvalue weighted by Gasteiger charge is -2.23. The Labute approximate surface area is 138 Å². The largest absolute Gasteiger partial charge is 0.481 e. The summed E-state index contributed by atoms with van der Waals surface area (Å²) in [4.78, 5) is 29.7. The molecule has 1 aromatic carbocycles. The summed E-state index contributed by atoms with van der Waals surface area (Å²) in [6.45, 7) is 2.38. The normalized spacial score (nSPS) is 21.0. The smallest absolute Gasteiger partial charge is 0.308 e. The van der Waals surface area contributed by atoms with Gasteiger partial charge in [-0.05, 0) is 38.3 Å². The lowest BCUT2D eigenvalue weighted by molar-refractivity contribution is -0.143. The molecule has 0 saturated carbocycles. The molecule has 122 valence electrons. The third-order valence-electron chi connectivity index (χ3n) is 4.51. The molecule has 1 aliphatic heterocycles. The average Bonchev–Trinajstić information content (AvgIpc) is 3.09. The monoisotopic (exact) mass is 332 g/mol. The van der Waals surface area contributed by atoms with E-state index in [0.29, 0.717) is 19.4 Å². The second-order valence-corrected chi connectivity index (χ2v) is 7.11. The van der Waals surface area contributed by atoms with Crippen LogP contribution in [0.15, 0.2) is 24.3 Å². The number of aryl methyl sites for hydroxylation is 1. The fraction of sp³-hybridized carbons (Fsp3) is 0.471. The number of carboxylic acid groups (broad SMARTS) is 1. The quantitative estimate of drug-likeness (QED) is 0.914. The van der Waals surface area contributed by atoms with Crippen LogP contribution in [-0.2, 0) is 16.0 Å². The molecular formula is C17H20N2O3S. The van der Waals surface area contributed by atoms with E-state index < -0.39 is 11.9 Å². The zero-order chi connectivity index (χ0) is 16.4. The van der Waals surface area contributed by atoms with Crippen molar-refractivity contribution < 1.29 is 14.7 Å². The maximum Gasteiger partial charge on any atom is 0.308 e. The van der Waals surface area contributed by atoms with Gasteiger partial charge in [0.15, 0.2) is 0 Å². The molecule has 2 atom stereocenters. The number of amides is 1. The summed E-state index contributed by atoms with van der Waals surface area (Å²) in [5.41, 5.74) is 1.01. The number of nitrogens with zero attached hydrogens (tertiary/aromatic N) is 2. The molecule has 1 fully saturated rings. The topological polar surface area (TPSA) is 70.5 Å². The van der Waals surface area contributed by atoms with Crippen LogP contribution in [0.4, 0.5) is 0 Å². The van der Waals surface area contributed by atoms with Gasteiger partial charge in [-0.1, -0.05) is 12.1 Å². The Morgan fingerprint density at radius 1 is 1.39 bits per heavy atom. The Balaban J connectivity index is 1.52. The number of hydrogen-bond acceptors (Lipinski definition) is 4. The average molecular weight is 332 g/mol. The highest BCUT2D eigenvalue weighted by Gasteiger charge is 2.37. The molecule has 23 heavy (non-hydrogen) atoms. The molecule has 5 nitrogen and oxygen atoms in total. The van der Waals surface area contributed by atoms with Crippen molar-refractivity contribution >= 4 is 33.4 Å². The van der Waals surface area contributed by atoms with Gasteiger partial charge in [0.05, 0.1) is 21.1 Å². The van der Waals surface area contributed by atoms with Gasteiger partial charge >= 0.3 is 5.97 Å². The summed E-state index contributed by atoms with van der Waals surface area (Å²) in [6, 6.07) is 7.82. The molecule has 1 N–H and O–H groups in total. The SMILES string of the molecule is CC1C(C(=O)O)CCN1C(=O)CCCc1nc2ccccc2s1. The first-order valence-electron chi connectivity index (χ1n) is 7.93. The molecule has 2 aromatic rings. The van der Waals surface area contributed by atoms with Gasteiger partial charge in [-0.2, -0.15) is 0 Å². The first-order valence-corrected chi connectivity index (χ1v) is 8.74. The Morgan fingerprint density at radius 2 is 2.17 bits per heavy atom. The van der Waals surface area contributed by atoms with Crippen LogP contribution in [0.3, 0.4) is 0 Å². The molecule has 0 aliphatic carbocycles. The van der Waals surface area contributed by atoms with E-state index in [2.05, 4.69) is 11.1 Å². The van der Waals surface area contributed by atoms with Crippen molar-refractivity contribution in [2.45, 2.75) is 38.6 Å². The second-order valence-electron chi connectivity index (χ2n) is 5.99. The van der Waals surface area contributed by atoms with Crippen molar-refractivity contribution in [1.82, 2.24) is 9.88 Å². The third-order valence-corrected chi connectivity index (χ3v) is 5.61. The minimum atomic E-state index is -0.803. The maximum atomic E-state index is 12.3. The summed E-state index contributed by atoms with van der Waals surface area (Å²) >= 11 is 1.67. The van der Waals surface area contributed by atoms with E-state index in [1.165, 1.54) is 4.70 Å². The van der Waals surface area contributed by atoms with Gasteiger partial charge in [0, 0.05) is 19.0 Å². The highest BCUT2D eigenvalue weighted by atomic mass is 32.1. The number of carboxylic acids is 1. The van der Waals surface area contributed by atoms with Crippen LogP contribution in [0.2, 0.25) is 0 Å². The molecule has 0 spiro atoms. The lowest BCUT2D eigenvalue weighted by atomic mass is 10.0. The molecule has 1 aromatic heterocycles. The van der Waals surface area contributed by atoms with Gasteiger partial charge in [-0.25, -0.2) is 4.98 Å². The minimum Gasteiger partial charge on any atom is -0.481 e. The van der Waals surface area contributed by atoms with Crippen LogP contribution in [0.25, 0.3) is 10.2 Å². The molecule has 3 rings (SSSR count). The van der Waals surface area contributed by atoms with Crippen molar-refractivity contribution in [3.8, 4) is 0 Å². The molecular weight excluding hydrogens is 312 g/mol. The summed E-state index contributed by atoms with van der Waals surface area (Å²) in [5, 5.41) is 10.2. The van der Waals surface area contributed by atoms with Crippen LogP contribution in [-0.4, -0.2) is 39.5 Å². The molecule has 0 radical (unpaired) electrons. The fourth-order valence-corrected chi connectivity index (χ4v) is 4.19. The Hall–Kier alpha value is -1.95. The van der Waals surface area contributed by atoms with Gasteiger partial charge < -0.3 is 10.0 Å². The van der Waals surface area contributed by atoms with Crippen molar-refractivity contribution in [3.63, 3.8) is 0 Å². The van der Waals surface area contributed by atoms with E-state index in [0.717, 1.165) is 23.4 Å². The maximum absolute atomic E-state index is 12.3. The molecule has 1 saturated heterocycles. The van der Waals surface area contributed by atoms with Gasteiger partial charge in [-0.15, -0.1) is 11.3 Å². The van der Waals surface area contributed by atoms with E-state index in [4.69, 9.17) is 5.11 Å². The molecule has 1 aliphatic rings. The highest BCUT2D eigenvalue weighted by molar-refractivity contribution is 7.18. The van der Waals surface area contributed by atoms with Gasteiger partial charge in [0.25, 0.3) is 0 Å². The summed E-state index contributed by atoms with van der Waals surface area (Å²) in [7, 11) is 0. The number of para-hydroxylation sites is 1. The number of carbonyl (C=O) groups is 2. The zero-order valence-corrected chi connectivity index (χ0v) is 13.9. The molecule has 2 unspecified atom stereocenters. The van der Waals surface area contributed by atoms with E-state index in [9.17, 15) is 9.59 Å². The van der Waals surface area contributed by atoms with Gasteiger partial charge in [0.1, 0.15) is 0 Å². The van der Waals surface area contributed by atoms with E-state index in [-0.39, 0.29) is 11.9 Å². The minimum absolute atomic E-state index is 0.0577. The van der Waals surface area contributed by atoms with E-state index in [1.54, 1.807) is 16.2 Å². The standard InChI is InChI=1S/C17H20N2O3S/c1-11-12(17(21)22)9-10-19(11)16(20)8-4-7-15-18-13-5-2-3-6-14(13)23-15/h2-3,5-6,11-12H,4,7-10H2,1H3,(H,21,22). The number of aromatic nitrogens is 1. The van der Waals surface area contributed by atoms with Crippen LogP contribution < -0.4 is 0 Å². The summed E-state index contributed by atoms with van der Waals surface area (Å²) in [6.07, 6.45) is 2.54. The van der Waals surface area contributed by atoms with Crippen LogP contribution in [0, 0.1) is 5.92 Å². The molecule has 0 bridgehead atoms. The number of hydrogen-bond donors (Lipinski definition) is 1. The highest BCUT2D eigenvalue weighted by Crippen LogP contribution is 2.26. The zero-order valence-electron chi connectivity index (χ0n) is 13.1. The number of thiazole rings is 1.